The van der Waals surface area contributed by atoms with Crippen LogP contribution < -0.4 is 10.2 Å². The molecule has 1 aromatic heterocycles. The number of hydrogen-bond donors (Lipinski definition) is 1. The number of carbonyl (C=O) groups excluding carboxylic acids is 1. The first-order valence-corrected chi connectivity index (χ1v) is 8.20. The van der Waals surface area contributed by atoms with Gasteiger partial charge in [0.15, 0.2) is 0 Å². The molecule has 2 aromatic rings. The van der Waals surface area contributed by atoms with Crippen LogP contribution in [0.2, 0.25) is 0 Å². The quantitative estimate of drug-likeness (QED) is 0.939. The van der Waals surface area contributed by atoms with Gasteiger partial charge in [0.05, 0.1) is 0 Å². The number of rotatable bonds is 3. The van der Waals surface area contributed by atoms with Gasteiger partial charge in [-0.25, -0.2) is 9.97 Å². The van der Waals surface area contributed by atoms with Gasteiger partial charge < -0.3 is 15.1 Å². The van der Waals surface area contributed by atoms with Crippen molar-refractivity contribution in [1.29, 1.82) is 0 Å². The number of aromatic nitrogens is 2. The average Bonchev–Trinajstić information content (AvgIpc) is 2.58. The molecular formula is C18H23N5O. The predicted octanol–water partition coefficient (Wildman–Crippen LogP) is 2.51. The second-order valence-corrected chi connectivity index (χ2v) is 6.20. The molecule has 0 unspecified atom stereocenters. The largest absolute Gasteiger partial charge is 0.353 e. The van der Waals surface area contributed by atoms with E-state index in [4.69, 9.17) is 0 Å². The van der Waals surface area contributed by atoms with E-state index in [1.807, 2.05) is 11.0 Å². The molecule has 0 radical (unpaired) electrons. The second kappa shape index (κ2) is 6.86. The fourth-order valence-electron chi connectivity index (χ4n) is 2.93. The van der Waals surface area contributed by atoms with Gasteiger partial charge in [-0.05, 0) is 25.5 Å². The van der Waals surface area contributed by atoms with Crippen LogP contribution in [0, 0.1) is 13.8 Å². The van der Waals surface area contributed by atoms with Crippen LogP contribution in [0.3, 0.4) is 0 Å². The lowest BCUT2D eigenvalue weighted by molar-refractivity contribution is -0.129. The Morgan fingerprint density at radius 2 is 1.83 bits per heavy atom. The highest BCUT2D eigenvalue weighted by Crippen LogP contribution is 2.22. The van der Waals surface area contributed by atoms with Gasteiger partial charge in [0.25, 0.3) is 0 Å². The Morgan fingerprint density at radius 1 is 1.08 bits per heavy atom. The van der Waals surface area contributed by atoms with Crippen LogP contribution in [0.4, 0.5) is 17.3 Å². The third kappa shape index (κ3) is 3.64. The summed E-state index contributed by atoms with van der Waals surface area (Å²) in [7, 11) is 0. The summed E-state index contributed by atoms with van der Waals surface area (Å²) < 4.78 is 0. The molecule has 0 saturated carbocycles. The predicted molar refractivity (Wildman–Crippen MR) is 95.7 cm³/mol. The highest BCUT2D eigenvalue weighted by atomic mass is 16.2. The van der Waals surface area contributed by atoms with Crippen molar-refractivity contribution in [3.8, 4) is 0 Å². The van der Waals surface area contributed by atoms with E-state index in [0.29, 0.717) is 0 Å². The first kappa shape index (κ1) is 16.2. The molecule has 1 amide bonds. The van der Waals surface area contributed by atoms with Gasteiger partial charge in [-0.2, -0.15) is 0 Å². The molecular weight excluding hydrogens is 302 g/mol. The zero-order valence-electron chi connectivity index (χ0n) is 14.4. The molecule has 1 fully saturated rings. The zero-order chi connectivity index (χ0) is 17.1. The topological polar surface area (TPSA) is 61.4 Å². The Bertz CT molecular complexity index is 738. The smallest absolute Gasteiger partial charge is 0.219 e. The first-order valence-electron chi connectivity index (χ1n) is 8.20. The molecule has 24 heavy (non-hydrogen) atoms. The standard InChI is InChI=1S/C18H23N5O/c1-13-4-5-16(14(2)10-13)21-17-11-18(20-12-19-17)23-8-6-22(7-9-23)15(3)24/h4-5,10-12H,6-9H2,1-3H3,(H,19,20,21). The minimum Gasteiger partial charge on any atom is -0.353 e. The lowest BCUT2D eigenvalue weighted by atomic mass is 10.1. The van der Waals surface area contributed by atoms with Gasteiger partial charge in [-0.1, -0.05) is 17.7 Å². The summed E-state index contributed by atoms with van der Waals surface area (Å²) in [5, 5.41) is 3.36. The molecule has 1 N–H and O–H groups in total. The van der Waals surface area contributed by atoms with Crippen LogP contribution in [0.1, 0.15) is 18.1 Å². The van der Waals surface area contributed by atoms with E-state index in [-0.39, 0.29) is 5.91 Å². The van der Waals surface area contributed by atoms with E-state index in [1.54, 1.807) is 13.3 Å². The molecule has 0 atom stereocenters. The normalized spacial score (nSPS) is 14.6. The van der Waals surface area contributed by atoms with Crippen LogP contribution in [-0.4, -0.2) is 47.0 Å². The van der Waals surface area contributed by atoms with Crippen molar-refractivity contribution in [2.24, 2.45) is 0 Å². The van der Waals surface area contributed by atoms with Gasteiger partial charge in [0.1, 0.15) is 18.0 Å². The Kier molecular flexibility index (Phi) is 4.64. The summed E-state index contributed by atoms with van der Waals surface area (Å²) in [6, 6.07) is 8.25. The zero-order valence-corrected chi connectivity index (χ0v) is 14.4. The summed E-state index contributed by atoms with van der Waals surface area (Å²) in [5.74, 6) is 1.80. The van der Waals surface area contributed by atoms with Crippen LogP contribution in [0.5, 0.6) is 0 Å². The molecule has 2 heterocycles. The Morgan fingerprint density at radius 3 is 2.50 bits per heavy atom. The molecule has 3 rings (SSSR count). The van der Waals surface area contributed by atoms with Crippen LogP contribution in [-0.2, 0) is 4.79 Å². The molecule has 126 valence electrons. The van der Waals surface area contributed by atoms with Gasteiger partial charge in [-0.3, -0.25) is 4.79 Å². The summed E-state index contributed by atoms with van der Waals surface area (Å²) in [6.45, 7) is 8.84. The number of aryl methyl sites for hydroxylation is 2. The minimum atomic E-state index is 0.134. The van der Waals surface area contributed by atoms with E-state index >= 15 is 0 Å². The number of benzene rings is 1. The number of piperazine rings is 1. The summed E-state index contributed by atoms with van der Waals surface area (Å²) in [6.07, 6.45) is 1.58. The van der Waals surface area contributed by atoms with E-state index in [2.05, 4.69) is 52.2 Å². The Balaban J connectivity index is 1.71. The molecule has 6 heteroatoms. The first-order chi connectivity index (χ1) is 11.5. The van der Waals surface area contributed by atoms with Crippen molar-refractivity contribution >= 4 is 23.2 Å². The average molecular weight is 325 g/mol. The fourth-order valence-corrected chi connectivity index (χ4v) is 2.93. The molecule has 0 spiro atoms. The number of amides is 1. The number of nitrogens with zero attached hydrogens (tertiary/aromatic N) is 4. The maximum absolute atomic E-state index is 11.4. The van der Waals surface area contributed by atoms with E-state index < -0.39 is 0 Å². The van der Waals surface area contributed by atoms with Gasteiger partial charge in [-0.15, -0.1) is 0 Å². The molecule has 6 nitrogen and oxygen atoms in total. The highest BCUT2D eigenvalue weighted by molar-refractivity contribution is 5.73. The summed E-state index contributed by atoms with van der Waals surface area (Å²) in [5.41, 5.74) is 3.47. The summed E-state index contributed by atoms with van der Waals surface area (Å²) >= 11 is 0. The number of anilines is 3. The highest BCUT2D eigenvalue weighted by Gasteiger charge is 2.19. The maximum Gasteiger partial charge on any atom is 0.219 e. The van der Waals surface area contributed by atoms with Gasteiger partial charge in [0.2, 0.25) is 5.91 Å². The van der Waals surface area contributed by atoms with Crippen molar-refractivity contribution in [1.82, 2.24) is 14.9 Å². The van der Waals surface area contributed by atoms with Crippen LogP contribution in [0.15, 0.2) is 30.6 Å². The van der Waals surface area contributed by atoms with Crippen molar-refractivity contribution in [2.75, 3.05) is 36.4 Å². The third-order valence-corrected chi connectivity index (χ3v) is 4.35. The summed E-state index contributed by atoms with van der Waals surface area (Å²) in [4.78, 5) is 24.2. The Hall–Kier alpha value is -2.63. The fraction of sp³-hybridized carbons (Fsp3) is 0.389. The Labute approximate surface area is 142 Å². The minimum absolute atomic E-state index is 0.134. The SMILES string of the molecule is CC(=O)N1CCN(c2cc(Nc3ccc(C)cc3C)ncn2)CC1. The second-order valence-electron chi connectivity index (χ2n) is 6.20. The molecule has 1 aliphatic rings. The molecule has 1 aliphatic heterocycles. The number of hydrogen-bond acceptors (Lipinski definition) is 5. The van der Waals surface area contributed by atoms with Crippen LogP contribution in [0.25, 0.3) is 0 Å². The molecule has 1 aromatic carbocycles. The van der Waals surface area contributed by atoms with E-state index in [9.17, 15) is 4.79 Å². The van der Waals surface area contributed by atoms with Crippen LogP contribution >= 0.6 is 0 Å². The molecule has 0 aliphatic carbocycles. The molecule has 1 saturated heterocycles. The van der Waals surface area contributed by atoms with Crippen molar-refractivity contribution in [2.45, 2.75) is 20.8 Å². The van der Waals surface area contributed by atoms with E-state index in [0.717, 1.165) is 43.5 Å². The lowest BCUT2D eigenvalue weighted by Crippen LogP contribution is -2.48. The maximum atomic E-state index is 11.4. The van der Waals surface area contributed by atoms with Gasteiger partial charge in [0, 0.05) is 44.9 Å². The van der Waals surface area contributed by atoms with Crippen molar-refractivity contribution in [3.05, 3.63) is 41.7 Å². The van der Waals surface area contributed by atoms with Gasteiger partial charge >= 0.3 is 0 Å². The number of nitrogens with one attached hydrogen (secondary N) is 1. The van der Waals surface area contributed by atoms with E-state index in [1.165, 1.54) is 11.1 Å². The van der Waals surface area contributed by atoms with Crippen molar-refractivity contribution < 1.29 is 4.79 Å². The number of carbonyl (C=O) groups is 1. The van der Waals surface area contributed by atoms with Crippen molar-refractivity contribution in [3.63, 3.8) is 0 Å². The third-order valence-electron chi connectivity index (χ3n) is 4.35. The molecule has 0 bridgehead atoms. The lowest BCUT2D eigenvalue weighted by Gasteiger charge is -2.34. The monoisotopic (exact) mass is 325 g/mol.